The van der Waals surface area contributed by atoms with Crippen molar-refractivity contribution in [3.63, 3.8) is 0 Å². The van der Waals surface area contributed by atoms with Gasteiger partial charge in [0.1, 0.15) is 6.61 Å². The average molecular weight is 310 g/mol. The Morgan fingerprint density at radius 2 is 2.05 bits per heavy atom. The Morgan fingerprint density at radius 1 is 1.38 bits per heavy atom. The van der Waals surface area contributed by atoms with Crippen LogP contribution < -0.4 is 5.73 Å². The summed E-state index contributed by atoms with van der Waals surface area (Å²) in [6, 6.07) is 9.63. The molecule has 0 spiro atoms. The molecule has 116 valence electrons. The van der Waals surface area contributed by atoms with Crippen LogP contribution in [-0.4, -0.2) is 28.4 Å². The topological polar surface area (TPSA) is 81.8 Å². The number of ether oxygens (including phenoxy) is 1. The number of rotatable bonds is 5. The second-order valence-electron chi connectivity index (χ2n) is 5.68. The van der Waals surface area contributed by atoms with Gasteiger partial charge < -0.3 is 10.5 Å². The van der Waals surface area contributed by atoms with Crippen LogP contribution >= 0.6 is 0 Å². The first kappa shape index (κ1) is 16.0. The second-order valence-corrected chi connectivity index (χ2v) is 8.19. The molecule has 1 aliphatic rings. The minimum atomic E-state index is -2.51. The molecule has 0 aromatic heterocycles. The van der Waals surface area contributed by atoms with E-state index in [9.17, 15) is 9.00 Å². The quantitative estimate of drug-likeness (QED) is 0.906. The van der Waals surface area contributed by atoms with Crippen molar-refractivity contribution in [2.24, 2.45) is 16.0 Å². The third-order valence-corrected chi connectivity index (χ3v) is 5.18. The van der Waals surface area contributed by atoms with E-state index in [4.69, 9.17) is 10.5 Å². The lowest BCUT2D eigenvalue weighted by Gasteiger charge is -2.32. The molecule has 1 amide bonds. The van der Waals surface area contributed by atoms with Crippen molar-refractivity contribution in [1.29, 1.82) is 0 Å². The molecular weight excluding hydrogens is 288 g/mol. The summed E-state index contributed by atoms with van der Waals surface area (Å²) in [7, 11) is -2.51. The number of nitrogens with zero attached hydrogens (tertiary/aromatic N) is 1. The maximum Gasteiger partial charge on any atom is 0.442 e. The van der Waals surface area contributed by atoms with Crippen molar-refractivity contribution in [1.82, 2.24) is 0 Å². The second kappa shape index (κ2) is 7.04. The Balaban J connectivity index is 1.79. The lowest BCUT2D eigenvalue weighted by molar-refractivity contribution is 0.151. The molecule has 1 fully saturated rings. The van der Waals surface area contributed by atoms with Crippen LogP contribution in [0.3, 0.4) is 0 Å². The molecule has 5 nitrogen and oxygen atoms in total. The first-order valence-corrected chi connectivity index (χ1v) is 9.20. The molecule has 0 heterocycles. The summed E-state index contributed by atoms with van der Waals surface area (Å²) >= 11 is 0. The maximum atomic E-state index is 12.2. The van der Waals surface area contributed by atoms with Gasteiger partial charge in [-0.3, -0.25) is 0 Å². The fraction of sp³-hybridized carbons (Fsp3) is 0.533. The van der Waals surface area contributed by atoms with Gasteiger partial charge in [0.2, 0.25) is 0 Å². The highest BCUT2D eigenvalue weighted by molar-refractivity contribution is 7.93. The number of hydrogen-bond donors (Lipinski definition) is 1. The van der Waals surface area contributed by atoms with Crippen LogP contribution in [0, 0.1) is 5.92 Å². The monoisotopic (exact) mass is 310 g/mol. The molecule has 0 bridgehead atoms. The normalized spacial score (nSPS) is 23.7. The van der Waals surface area contributed by atoms with Crippen molar-refractivity contribution in [3.8, 4) is 0 Å². The number of nitrogens with two attached hydrogens (primary N) is 1. The zero-order valence-corrected chi connectivity index (χ0v) is 13.1. The number of carbonyl (C=O) groups is 1. The first-order chi connectivity index (χ1) is 9.94. The molecule has 21 heavy (non-hydrogen) atoms. The fourth-order valence-electron chi connectivity index (χ4n) is 2.36. The van der Waals surface area contributed by atoms with E-state index < -0.39 is 15.8 Å². The maximum absolute atomic E-state index is 12.2. The molecule has 1 aromatic rings. The highest BCUT2D eigenvalue weighted by atomic mass is 32.2. The smallest absolute Gasteiger partial charge is 0.442 e. The number of carbonyl (C=O) groups excluding carboxylic acids is 1. The van der Waals surface area contributed by atoms with Crippen LogP contribution in [0.25, 0.3) is 0 Å². The molecule has 1 aliphatic carbocycles. The van der Waals surface area contributed by atoms with E-state index in [2.05, 4.69) is 4.36 Å². The summed E-state index contributed by atoms with van der Waals surface area (Å²) < 4.78 is 21.0. The zero-order chi connectivity index (χ0) is 15.3. The predicted molar refractivity (Wildman–Crippen MR) is 83.3 cm³/mol. The molecule has 1 aromatic carbocycles. The van der Waals surface area contributed by atoms with Crippen molar-refractivity contribution < 1.29 is 13.7 Å². The van der Waals surface area contributed by atoms with Gasteiger partial charge in [-0.05, 0) is 30.7 Å². The predicted octanol–water partition coefficient (Wildman–Crippen LogP) is 2.55. The lowest BCUT2D eigenvalue weighted by Crippen LogP contribution is -2.37. The summed E-state index contributed by atoms with van der Waals surface area (Å²) in [5.74, 6) is 0.946. The minimum absolute atomic E-state index is 0.149. The Morgan fingerprint density at radius 3 is 2.67 bits per heavy atom. The summed E-state index contributed by atoms with van der Waals surface area (Å²) in [5.41, 5.74) is 6.60. The summed E-state index contributed by atoms with van der Waals surface area (Å²) in [4.78, 5) is 11.6. The van der Waals surface area contributed by atoms with Crippen LogP contribution in [-0.2, 0) is 21.1 Å². The molecular formula is C15H22N2O3S. The van der Waals surface area contributed by atoms with Crippen LogP contribution in [0.5, 0.6) is 0 Å². The van der Waals surface area contributed by atoms with Crippen molar-refractivity contribution in [2.45, 2.75) is 31.9 Å². The third kappa shape index (κ3) is 5.47. The molecule has 1 saturated carbocycles. The third-order valence-electron chi connectivity index (χ3n) is 3.65. The summed E-state index contributed by atoms with van der Waals surface area (Å²) in [6.07, 6.45) is 3.52. The molecule has 2 rings (SSSR count). The Bertz CT molecular complexity index is 588. The van der Waals surface area contributed by atoms with Crippen LogP contribution in [0.2, 0.25) is 0 Å². The van der Waals surface area contributed by atoms with E-state index in [1.807, 2.05) is 30.3 Å². The van der Waals surface area contributed by atoms with E-state index in [-0.39, 0.29) is 12.6 Å². The standard InChI is InChI=1S/C15H22N2O3S/c1-21(19,8-7-13-9-14(16)10-13)17-15(18)20-11-12-5-3-2-4-6-12/h2-6,13-14H,7-11,16H2,1H3. The van der Waals surface area contributed by atoms with E-state index in [0.29, 0.717) is 11.7 Å². The highest BCUT2D eigenvalue weighted by Gasteiger charge is 2.26. The fourth-order valence-corrected chi connectivity index (χ4v) is 3.59. The van der Waals surface area contributed by atoms with E-state index in [1.54, 1.807) is 0 Å². The van der Waals surface area contributed by atoms with Crippen LogP contribution in [0.4, 0.5) is 4.79 Å². The van der Waals surface area contributed by atoms with Crippen LogP contribution in [0.15, 0.2) is 34.7 Å². The van der Waals surface area contributed by atoms with Gasteiger partial charge in [-0.1, -0.05) is 30.3 Å². The van der Waals surface area contributed by atoms with Gasteiger partial charge in [-0.25, -0.2) is 9.00 Å². The summed E-state index contributed by atoms with van der Waals surface area (Å²) in [5, 5.41) is 0. The van der Waals surface area contributed by atoms with Gasteiger partial charge in [-0.2, -0.15) is 0 Å². The van der Waals surface area contributed by atoms with Crippen LogP contribution in [0.1, 0.15) is 24.8 Å². The molecule has 2 N–H and O–H groups in total. The molecule has 1 atom stereocenters. The number of hydrogen-bond acceptors (Lipinski definition) is 4. The van der Waals surface area contributed by atoms with Crippen molar-refractivity contribution >= 4 is 15.8 Å². The summed E-state index contributed by atoms with van der Waals surface area (Å²) in [6.45, 7) is 0.149. The molecule has 0 saturated heterocycles. The van der Waals surface area contributed by atoms with E-state index >= 15 is 0 Å². The Hall–Kier alpha value is -1.40. The van der Waals surface area contributed by atoms with Crippen molar-refractivity contribution in [2.75, 3.05) is 12.0 Å². The van der Waals surface area contributed by atoms with Crippen molar-refractivity contribution in [3.05, 3.63) is 35.9 Å². The lowest BCUT2D eigenvalue weighted by atomic mass is 9.79. The van der Waals surface area contributed by atoms with E-state index in [1.165, 1.54) is 6.26 Å². The van der Waals surface area contributed by atoms with Gasteiger partial charge in [0.05, 0.1) is 9.73 Å². The van der Waals surface area contributed by atoms with Gasteiger partial charge in [0.25, 0.3) is 0 Å². The number of benzene rings is 1. The Kier molecular flexibility index (Phi) is 5.36. The molecule has 0 radical (unpaired) electrons. The largest absolute Gasteiger partial charge is 0.443 e. The molecule has 6 heteroatoms. The first-order valence-electron chi connectivity index (χ1n) is 7.11. The Labute approximate surface area is 126 Å². The van der Waals surface area contributed by atoms with Gasteiger partial charge in [0, 0.05) is 18.1 Å². The molecule has 0 aliphatic heterocycles. The van der Waals surface area contributed by atoms with E-state index in [0.717, 1.165) is 24.8 Å². The SMILES string of the molecule is CS(=O)(CCC1CC(N)C1)=NC(=O)OCc1ccccc1. The number of amides is 1. The average Bonchev–Trinajstić information content (AvgIpc) is 2.41. The highest BCUT2D eigenvalue weighted by Crippen LogP contribution is 2.29. The van der Waals surface area contributed by atoms with Gasteiger partial charge in [-0.15, -0.1) is 4.36 Å². The van der Waals surface area contributed by atoms with Gasteiger partial charge >= 0.3 is 6.09 Å². The minimum Gasteiger partial charge on any atom is -0.443 e. The zero-order valence-electron chi connectivity index (χ0n) is 12.2. The van der Waals surface area contributed by atoms with Gasteiger partial charge in [0.15, 0.2) is 0 Å². The molecule has 1 unspecified atom stereocenters.